The van der Waals surface area contributed by atoms with Gasteiger partial charge in [0.2, 0.25) is 0 Å². The first-order valence-electron chi connectivity index (χ1n) is 8.00. The van der Waals surface area contributed by atoms with Crippen LogP contribution in [0.3, 0.4) is 0 Å². The van der Waals surface area contributed by atoms with Gasteiger partial charge in [0.1, 0.15) is 0 Å². The zero-order valence-electron chi connectivity index (χ0n) is 13.5. The van der Waals surface area contributed by atoms with Crippen LogP contribution in [0.5, 0.6) is 0 Å². The zero-order chi connectivity index (χ0) is 14.5. The zero-order valence-corrected chi connectivity index (χ0v) is 13.5. The molecular formula is C15H31N5. The Morgan fingerprint density at radius 2 is 1.85 bits per heavy atom. The Balaban J connectivity index is 1.81. The lowest BCUT2D eigenvalue weighted by molar-refractivity contribution is 0.0900. The highest BCUT2D eigenvalue weighted by Gasteiger charge is 2.26. The third kappa shape index (κ3) is 4.63. The molecule has 1 atom stereocenters. The molecule has 0 amide bonds. The number of nitrogens with zero attached hydrogens (tertiary/aromatic N) is 3. The Hall–Kier alpha value is -0.810. The second kappa shape index (κ2) is 7.27. The van der Waals surface area contributed by atoms with E-state index in [1.807, 2.05) is 7.05 Å². The van der Waals surface area contributed by atoms with Crippen LogP contribution < -0.4 is 10.6 Å². The molecule has 0 spiro atoms. The summed E-state index contributed by atoms with van der Waals surface area (Å²) in [5.41, 5.74) is 0. The SMILES string of the molecule is CN=C(NCC(C(C)C)N1CCN(C)CC1)NC1CC1. The number of rotatable bonds is 5. The molecule has 2 aliphatic rings. The first-order chi connectivity index (χ1) is 9.60. The molecule has 1 aliphatic heterocycles. The molecule has 0 bridgehead atoms. The van der Waals surface area contributed by atoms with Crippen molar-refractivity contribution < 1.29 is 0 Å². The van der Waals surface area contributed by atoms with Crippen molar-refractivity contribution in [2.45, 2.75) is 38.8 Å². The standard InChI is InChI=1S/C15H31N5/c1-12(2)14(20-9-7-19(4)8-10-20)11-17-15(16-3)18-13-5-6-13/h12-14H,5-11H2,1-4H3,(H2,16,17,18). The summed E-state index contributed by atoms with van der Waals surface area (Å²) >= 11 is 0. The van der Waals surface area contributed by atoms with Gasteiger partial charge in [-0.15, -0.1) is 0 Å². The molecule has 5 heteroatoms. The number of hydrogen-bond donors (Lipinski definition) is 2. The summed E-state index contributed by atoms with van der Waals surface area (Å²) in [5, 5.41) is 6.97. The summed E-state index contributed by atoms with van der Waals surface area (Å²) < 4.78 is 0. The maximum absolute atomic E-state index is 4.32. The molecule has 116 valence electrons. The van der Waals surface area contributed by atoms with Gasteiger partial charge in [0, 0.05) is 51.9 Å². The fourth-order valence-electron chi connectivity index (χ4n) is 2.76. The highest BCUT2D eigenvalue weighted by molar-refractivity contribution is 5.80. The molecule has 1 aliphatic carbocycles. The fraction of sp³-hybridized carbons (Fsp3) is 0.933. The van der Waals surface area contributed by atoms with E-state index < -0.39 is 0 Å². The maximum atomic E-state index is 4.32. The lowest BCUT2D eigenvalue weighted by Crippen LogP contribution is -2.55. The predicted octanol–water partition coefficient (Wildman–Crippen LogP) is 0.586. The van der Waals surface area contributed by atoms with E-state index in [1.54, 1.807) is 0 Å². The van der Waals surface area contributed by atoms with Gasteiger partial charge in [-0.2, -0.15) is 0 Å². The molecule has 2 rings (SSSR count). The monoisotopic (exact) mass is 281 g/mol. The number of aliphatic imine (C=N–C) groups is 1. The molecule has 2 N–H and O–H groups in total. The second-order valence-electron chi connectivity index (χ2n) is 6.52. The molecule has 0 radical (unpaired) electrons. The lowest BCUT2D eigenvalue weighted by atomic mass is 10.0. The molecule has 20 heavy (non-hydrogen) atoms. The molecule has 5 nitrogen and oxygen atoms in total. The number of piperazine rings is 1. The van der Waals surface area contributed by atoms with E-state index in [-0.39, 0.29) is 0 Å². The molecular weight excluding hydrogens is 250 g/mol. The van der Waals surface area contributed by atoms with E-state index in [2.05, 4.69) is 46.3 Å². The van der Waals surface area contributed by atoms with Gasteiger partial charge in [-0.05, 0) is 25.8 Å². The van der Waals surface area contributed by atoms with Crippen LogP contribution >= 0.6 is 0 Å². The normalized spacial score (nSPS) is 23.9. The molecule has 0 aromatic rings. The van der Waals surface area contributed by atoms with E-state index >= 15 is 0 Å². The molecule has 1 heterocycles. The highest BCUT2D eigenvalue weighted by Crippen LogP contribution is 2.18. The van der Waals surface area contributed by atoms with Crippen LogP contribution in [-0.2, 0) is 0 Å². The van der Waals surface area contributed by atoms with Gasteiger partial charge in [0.25, 0.3) is 0 Å². The van der Waals surface area contributed by atoms with Crippen molar-refractivity contribution in [3.8, 4) is 0 Å². The van der Waals surface area contributed by atoms with Crippen LogP contribution in [0.4, 0.5) is 0 Å². The summed E-state index contributed by atoms with van der Waals surface area (Å²) in [7, 11) is 4.07. The van der Waals surface area contributed by atoms with E-state index in [9.17, 15) is 0 Å². The Morgan fingerprint density at radius 1 is 1.20 bits per heavy atom. The van der Waals surface area contributed by atoms with Crippen molar-refractivity contribution >= 4 is 5.96 Å². The molecule has 1 unspecified atom stereocenters. The quantitative estimate of drug-likeness (QED) is 0.572. The van der Waals surface area contributed by atoms with E-state index in [4.69, 9.17) is 0 Å². The lowest BCUT2D eigenvalue weighted by Gasteiger charge is -2.40. The average molecular weight is 281 g/mol. The van der Waals surface area contributed by atoms with Crippen LogP contribution in [0.2, 0.25) is 0 Å². The van der Waals surface area contributed by atoms with Crippen LogP contribution in [0.1, 0.15) is 26.7 Å². The summed E-state index contributed by atoms with van der Waals surface area (Å²) in [5.74, 6) is 1.62. The average Bonchev–Trinajstić information content (AvgIpc) is 3.23. The largest absolute Gasteiger partial charge is 0.355 e. The molecule has 2 fully saturated rings. The minimum Gasteiger partial charge on any atom is -0.355 e. The van der Waals surface area contributed by atoms with Crippen molar-refractivity contribution in [3.63, 3.8) is 0 Å². The summed E-state index contributed by atoms with van der Waals surface area (Å²) in [6.07, 6.45) is 2.57. The van der Waals surface area contributed by atoms with E-state index in [1.165, 1.54) is 39.0 Å². The van der Waals surface area contributed by atoms with Gasteiger partial charge in [-0.25, -0.2) is 0 Å². The van der Waals surface area contributed by atoms with Crippen LogP contribution in [-0.4, -0.2) is 74.7 Å². The fourth-order valence-corrected chi connectivity index (χ4v) is 2.76. The number of guanidine groups is 1. The van der Waals surface area contributed by atoms with Gasteiger partial charge in [0.15, 0.2) is 5.96 Å². The Bertz CT molecular complexity index is 316. The van der Waals surface area contributed by atoms with Gasteiger partial charge in [0.05, 0.1) is 0 Å². The number of nitrogens with one attached hydrogen (secondary N) is 2. The smallest absolute Gasteiger partial charge is 0.191 e. The number of likely N-dealkylation sites (N-methyl/N-ethyl adjacent to an activating group) is 1. The topological polar surface area (TPSA) is 42.9 Å². The Labute approximate surface area is 123 Å². The molecule has 0 aromatic heterocycles. The van der Waals surface area contributed by atoms with Crippen molar-refractivity contribution in [1.82, 2.24) is 20.4 Å². The molecule has 1 saturated carbocycles. The Morgan fingerprint density at radius 3 is 2.35 bits per heavy atom. The molecule has 1 saturated heterocycles. The summed E-state index contributed by atoms with van der Waals surface area (Å²) in [6, 6.07) is 1.24. The third-order valence-corrected chi connectivity index (χ3v) is 4.40. The van der Waals surface area contributed by atoms with E-state index in [0.29, 0.717) is 18.0 Å². The molecule has 0 aromatic carbocycles. The van der Waals surface area contributed by atoms with Crippen molar-refractivity contribution in [2.24, 2.45) is 10.9 Å². The van der Waals surface area contributed by atoms with Gasteiger partial charge in [-0.1, -0.05) is 13.8 Å². The van der Waals surface area contributed by atoms with Crippen molar-refractivity contribution in [2.75, 3.05) is 46.8 Å². The van der Waals surface area contributed by atoms with Crippen molar-refractivity contribution in [3.05, 3.63) is 0 Å². The van der Waals surface area contributed by atoms with Crippen LogP contribution in [0, 0.1) is 5.92 Å². The van der Waals surface area contributed by atoms with E-state index in [0.717, 1.165) is 12.5 Å². The van der Waals surface area contributed by atoms with Crippen molar-refractivity contribution in [1.29, 1.82) is 0 Å². The predicted molar refractivity (Wildman–Crippen MR) is 85.2 cm³/mol. The first kappa shape index (κ1) is 15.6. The van der Waals surface area contributed by atoms with Gasteiger partial charge >= 0.3 is 0 Å². The van der Waals surface area contributed by atoms with Gasteiger partial charge in [-0.3, -0.25) is 9.89 Å². The van der Waals surface area contributed by atoms with Crippen LogP contribution in [0.15, 0.2) is 4.99 Å². The first-order valence-corrected chi connectivity index (χ1v) is 8.00. The van der Waals surface area contributed by atoms with Crippen LogP contribution in [0.25, 0.3) is 0 Å². The van der Waals surface area contributed by atoms with Gasteiger partial charge < -0.3 is 15.5 Å². The third-order valence-electron chi connectivity index (χ3n) is 4.40. The minimum absolute atomic E-state index is 0.585. The second-order valence-corrected chi connectivity index (χ2v) is 6.52. The summed E-state index contributed by atoms with van der Waals surface area (Å²) in [6.45, 7) is 10.3. The highest BCUT2D eigenvalue weighted by atomic mass is 15.3. The minimum atomic E-state index is 0.585. The Kier molecular flexibility index (Phi) is 5.66. The number of hydrogen-bond acceptors (Lipinski definition) is 3. The summed E-state index contributed by atoms with van der Waals surface area (Å²) in [4.78, 5) is 9.36. The maximum Gasteiger partial charge on any atom is 0.191 e.